The molecule has 0 atom stereocenters. The Kier molecular flexibility index (Phi) is 7.70. The fourth-order valence-corrected chi connectivity index (χ4v) is 2.32. The van der Waals surface area contributed by atoms with Gasteiger partial charge in [0, 0.05) is 19.6 Å². The van der Waals surface area contributed by atoms with E-state index < -0.39 is 0 Å². The number of hydrogen-bond donors (Lipinski definition) is 2. The van der Waals surface area contributed by atoms with Crippen LogP contribution < -0.4 is 10.6 Å². The van der Waals surface area contributed by atoms with E-state index in [1.54, 1.807) is 0 Å². The number of rotatable bonds is 10. The molecular formula is C13H26N2O2S. The summed E-state index contributed by atoms with van der Waals surface area (Å²) in [6.45, 7) is 4.68. The molecule has 106 valence electrons. The lowest BCUT2D eigenvalue weighted by atomic mass is 10.0. The monoisotopic (exact) mass is 274 g/mol. The second-order valence-corrected chi connectivity index (χ2v) is 6.08. The van der Waals surface area contributed by atoms with E-state index in [0.717, 1.165) is 26.1 Å². The van der Waals surface area contributed by atoms with Crippen LogP contribution >= 0.6 is 11.8 Å². The number of nitrogens with one attached hydrogen (secondary N) is 2. The Bertz CT molecular complexity index is 245. The molecule has 0 radical (unpaired) electrons. The number of ether oxygens (including phenoxy) is 1. The van der Waals surface area contributed by atoms with Gasteiger partial charge in [-0.3, -0.25) is 4.79 Å². The molecule has 2 N–H and O–H groups in total. The fourth-order valence-electron chi connectivity index (χ4n) is 1.82. The predicted molar refractivity (Wildman–Crippen MR) is 77.1 cm³/mol. The molecule has 0 bridgehead atoms. The van der Waals surface area contributed by atoms with Gasteiger partial charge in [0.25, 0.3) is 0 Å². The van der Waals surface area contributed by atoms with E-state index in [4.69, 9.17) is 4.74 Å². The molecule has 0 unspecified atom stereocenters. The Labute approximate surface area is 115 Å². The van der Waals surface area contributed by atoms with E-state index in [2.05, 4.69) is 16.9 Å². The van der Waals surface area contributed by atoms with Gasteiger partial charge >= 0.3 is 0 Å². The fraction of sp³-hybridized carbons (Fsp3) is 0.923. The maximum absolute atomic E-state index is 11.5. The normalized spacial score (nSPS) is 17.2. The zero-order chi connectivity index (χ0) is 13.3. The molecule has 1 aliphatic rings. The van der Waals surface area contributed by atoms with Crippen LogP contribution in [0.1, 0.15) is 32.6 Å². The lowest BCUT2D eigenvalue weighted by Crippen LogP contribution is -2.59. The molecule has 0 aliphatic carbocycles. The number of carbonyl (C=O) groups excluding carboxylic acids is 1. The third-order valence-corrected chi connectivity index (χ3v) is 3.84. The molecule has 4 nitrogen and oxygen atoms in total. The van der Waals surface area contributed by atoms with Crippen LogP contribution in [-0.2, 0) is 9.53 Å². The highest BCUT2D eigenvalue weighted by molar-refractivity contribution is 7.98. The summed E-state index contributed by atoms with van der Waals surface area (Å²) in [7, 11) is 0. The lowest BCUT2D eigenvalue weighted by molar-refractivity contribution is -0.135. The van der Waals surface area contributed by atoms with E-state index in [1.807, 2.05) is 18.7 Å². The van der Waals surface area contributed by atoms with E-state index in [9.17, 15) is 4.79 Å². The standard InChI is InChI=1S/C13H26N2O2S/c1-13(10-14-11-13)17-9-12(16)15-7-5-3-4-6-8-18-2/h14H,3-11H2,1-2H3,(H,15,16). The molecule has 1 amide bonds. The molecule has 5 heteroatoms. The summed E-state index contributed by atoms with van der Waals surface area (Å²) in [5, 5.41) is 6.05. The Balaban J connectivity index is 1.87. The first-order valence-corrected chi connectivity index (χ1v) is 8.16. The van der Waals surface area contributed by atoms with E-state index in [-0.39, 0.29) is 18.1 Å². The van der Waals surface area contributed by atoms with Crippen molar-refractivity contribution >= 4 is 17.7 Å². The van der Waals surface area contributed by atoms with Gasteiger partial charge in [0.15, 0.2) is 0 Å². The molecule has 0 aromatic heterocycles. The van der Waals surface area contributed by atoms with Gasteiger partial charge in [-0.1, -0.05) is 12.8 Å². The van der Waals surface area contributed by atoms with Crippen molar-refractivity contribution in [3.63, 3.8) is 0 Å². The summed E-state index contributed by atoms with van der Waals surface area (Å²) in [6, 6.07) is 0. The van der Waals surface area contributed by atoms with E-state index >= 15 is 0 Å². The predicted octanol–water partition coefficient (Wildman–Crippen LogP) is 1.40. The summed E-state index contributed by atoms with van der Waals surface area (Å²) in [5.74, 6) is 1.25. The van der Waals surface area contributed by atoms with Crippen LogP contribution in [0.5, 0.6) is 0 Å². The summed E-state index contributed by atoms with van der Waals surface area (Å²) in [4.78, 5) is 11.5. The van der Waals surface area contributed by atoms with Gasteiger partial charge < -0.3 is 15.4 Å². The highest BCUT2D eigenvalue weighted by Gasteiger charge is 2.32. The smallest absolute Gasteiger partial charge is 0.246 e. The average molecular weight is 274 g/mol. The Morgan fingerprint density at radius 3 is 2.67 bits per heavy atom. The van der Waals surface area contributed by atoms with E-state index in [0.29, 0.717) is 0 Å². The first kappa shape index (κ1) is 15.8. The van der Waals surface area contributed by atoms with Crippen molar-refractivity contribution in [2.45, 2.75) is 38.2 Å². The minimum absolute atomic E-state index is 0.00670. The second-order valence-electron chi connectivity index (χ2n) is 5.10. The molecule has 0 aromatic carbocycles. The highest BCUT2D eigenvalue weighted by Crippen LogP contribution is 2.14. The molecule has 1 saturated heterocycles. The largest absolute Gasteiger partial charge is 0.363 e. The maximum atomic E-state index is 11.5. The summed E-state index contributed by atoms with van der Waals surface area (Å²) in [5.41, 5.74) is -0.130. The Hall–Kier alpha value is -0.260. The Morgan fingerprint density at radius 2 is 2.06 bits per heavy atom. The topological polar surface area (TPSA) is 50.4 Å². The lowest BCUT2D eigenvalue weighted by Gasteiger charge is -2.38. The number of amides is 1. The zero-order valence-electron chi connectivity index (χ0n) is 11.6. The van der Waals surface area contributed by atoms with Crippen molar-refractivity contribution in [2.75, 3.05) is 38.2 Å². The second kappa shape index (κ2) is 8.77. The van der Waals surface area contributed by atoms with Gasteiger partial charge in [-0.05, 0) is 31.8 Å². The Morgan fingerprint density at radius 1 is 1.33 bits per heavy atom. The van der Waals surface area contributed by atoms with Crippen molar-refractivity contribution in [1.29, 1.82) is 0 Å². The van der Waals surface area contributed by atoms with Crippen molar-refractivity contribution in [3.8, 4) is 0 Å². The van der Waals surface area contributed by atoms with Crippen LogP contribution in [0.3, 0.4) is 0 Å². The van der Waals surface area contributed by atoms with Gasteiger partial charge in [-0.25, -0.2) is 0 Å². The quantitative estimate of drug-likeness (QED) is 0.591. The number of hydrogen-bond acceptors (Lipinski definition) is 4. The number of unbranched alkanes of at least 4 members (excludes halogenated alkanes) is 3. The number of thioether (sulfide) groups is 1. The first-order valence-electron chi connectivity index (χ1n) is 6.77. The minimum atomic E-state index is -0.130. The molecule has 0 aromatic rings. The van der Waals surface area contributed by atoms with E-state index in [1.165, 1.54) is 25.0 Å². The first-order chi connectivity index (χ1) is 8.66. The third-order valence-electron chi connectivity index (χ3n) is 3.15. The summed E-state index contributed by atoms with van der Waals surface area (Å²) in [6.07, 6.45) is 6.95. The molecular weight excluding hydrogens is 248 g/mol. The van der Waals surface area contributed by atoms with Crippen molar-refractivity contribution in [2.24, 2.45) is 0 Å². The van der Waals surface area contributed by atoms with Crippen molar-refractivity contribution in [1.82, 2.24) is 10.6 Å². The molecule has 1 aliphatic heterocycles. The third kappa shape index (κ3) is 6.61. The average Bonchev–Trinajstić information content (AvgIpc) is 2.33. The number of carbonyl (C=O) groups is 1. The summed E-state index contributed by atoms with van der Waals surface area (Å²) >= 11 is 1.90. The van der Waals surface area contributed by atoms with Gasteiger partial charge in [-0.2, -0.15) is 11.8 Å². The molecule has 1 heterocycles. The van der Waals surface area contributed by atoms with Gasteiger partial charge in [0.2, 0.25) is 5.91 Å². The van der Waals surface area contributed by atoms with Crippen LogP contribution in [0.25, 0.3) is 0 Å². The van der Waals surface area contributed by atoms with Crippen LogP contribution in [0, 0.1) is 0 Å². The van der Waals surface area contributed by atoms with Gasteiger partial charge in [0.1, 0.15) is 6.61 Å². The van der Waals surface area contributed by atoms with Gasteiger partial charge in [-0.15, -0.1) is 0 Å². The molecule has 0 spiro atoms. The highest BCUT2D eigenvalue weighted by atomic mass is 32.2. The van der Waals surface area contributed by atoms with Crippen LogP contribution in [0.15, 0.2) is 0 Å². The van der Waals surface area contributed by atoms with Crippen LogP contribution in [0.4, 0.5) is 0 Å². The SMILES string of the molecule is CSCCCCCCNC(=O)COC1(C)CNC1. The molecule has 0 saturated carbocycles. The zero-order valence-corrected chi connectivity index (χ0v) is 12.4. The minimum Gasteiger partial charge on any atom is -0.363 e. The van der Waals surface area contributed by atoms with Crippen LogP contribution in [-0.4, -0.2) is 49.8 Å². The molecule has 1 fully saturated rings. The van der Waals surface area contributed by atoms with Crippen molar-refractivity contribution < 1.29 is 9.53 Å². The van der Waals surface area contributed by atoms with Crippen molar-refractivity contribution in [3.05, 3.63) is 0 Å². The molecule has 18 heavy (non-hydrogen) atoms. The maximum Gasteiger partial charge on any atom is 0.246 e. The molecule has 1 rings (SSSR count). The summed E-state index contributed by atoms with van der Waals surface area (Å²) < 4.78 is 5.56. The van der Waals surface area contributed by atoms with Crippen LogP contribution in [0.2, 0.25) is 0 Å². The van der Waals surface area contributed by atoms with Gasteiger partial charge in [0.05, 0.1) is 5.60 Å².